The van der Waals surface area contributed by atoms with Crippen LogP contribution in [0.3, 0.4) is 0 Å². The molecule has 0 N–H and O–H groups in total. The van der Waals surface area contributed by atoms with Crippen LogP contribution in [0.2, 0.25) is 0 Å². The van der Waals surface area contributed by atoms with Crippen molar-refractivity contribution in [2.75, 3.05) is 0 Å². The first-order valence-corrected chi connectivity index (χ1v) is 4.74. The summed E-state index contributed by atoms with van der Waals surface area (Å²) in [7, 11) is 0. The van der Waals surface area contributed by atoms with Gasteiger partial charge in [0.25, 0.3) is 0 Å². The zero-order valence-electron chi connectivity index (χ0n) is 7.10. The Hall–Kier alpha value is 0.290. The van der Waals surface area contributed by atoms with Crippen LogP contribution in [0.15, 0.2) is 0 Å². The third-order valence-corrected chi connectivity index (χ3v) is 3.77. The van der Waals surface area contributed by atoms with Crippen molar-refractivity contribution in [2.45, 2.75) is 39.0 Å². The fraction of sp³-hybridized carbons (Fsp3) is 1.00. The molecule has 0 heterocycles. The number of halogens is 1. The van der Waals surface area contributed by atoms with Gasteiger partial charge in [-0.1, -0.05) is 27.2 Å². The van der Waals surface area contributed by atoms with E-state index in [1.165, 1.54) is 12.8 Å². The number of hydrogen-bond donors (Lipinski definition) is 0. The van der Waals surface area contributed by atoms with Gasteiger partial charge >= 0.3 is 0 Å². The predicted molar refractivity (Wildman–Crippen MR) is 46.4 cm³/mol. The molecule has 0 aromatic heterocycles. The first kappa shape index (κ1) is 8.39. The Morgan fingerprint density at radius 1 is 1.30 bits per heavy atom. The van der Waals surface area contributed by atoms with Crippen LogP contribution >= 0.6 is 11.6 Å². The molecule has 1 aliphatic rings. The van der Waals surface area contributed by atoms with Crippen LogP contribution in [0.5, 0.6) is 0 Å². The second-order valence-electron chi connectivity index (χ2n) is 3.64. The molecule has 0 saturated heterocycles. The molecule has 0 nitrogen and oxygen atoms in total. The lowest BCUT2D eigenvalue weighted by atomic mass is 9.91. The standard InChI is InChI=1S/C9H17Cl/c1-4-8-5-9(10)7(3)6(8)2/h6-9H,4-5H2,1-3H3/t6?,7?,8-,9-/m1/s1. The summed E-state index contributed by atoms with van der Waals surface area (Å²) in [5.41, 5.74) is 0. The first-order valence-electron chi connectivity index (χ1n) is 4.30. The second kappa shape index (κ2) is 3.13. The van der Waals surface area contributed by atoms with E-state index >= 15 is 0 Å². The molecule has 1 saturated carbocycles. The molecule has 0 amide bonds. The highest BCUT2D eigenvalue weighted by atomic mass is 35.5. The van der Waals surface area contributed by atoms with Crippen LogP contribution in [-0.4, -0.2) is 5.38 Å². The molecule has 10 heavy (non-hydrogen) atoms. The van der Waals surface area contributed by atoms with Crippen molar-refractivity contribution in [2.24, 2.45) is 17.8 Å². The number of hydrogen-bond acceptors (Lipinski definition) is 0. The summed E-state index contributed by atoms with van der Waals surface area (Å²) >= 11 is 6.13. The molecule has 1 fully saturated rings. The molecule has 2 unspecified atom stereocenters. The van der Waals surface area contributed by atoms with Crippen molar-refractivity contribution in [1.82, 2.24) is 0 Å². The van der Waals surface area contributed by atoms with E-state index in [0.717, 1.165) is 17.8 Å². The number of alkyl halides is 1. The first-order chi connectivity index (χ1) is 4.66. The lowest BCUT2D eigenvalue weighted by molar-refractivity contribution is 0.350. The quantitative estimate of drug-likeness (QED) is 0.517. The molecule has 0 aromatic carbocycles. The highest BCUT2D eigenvalue weighted by Crippen LogP contribution is 2.41. The van der Waals surface area contributed by atoms with Crippen molar-refractivity contribution >= 4 is 11.6 Å². The smallest absolute Gasteiger partial charge is 0.0367 e. The summed E-state index contributed by atoms with van der Waals surface area (Å²) < 4.78 is 0. The molecule has 0 radical (unpaired) electrons. The average Bonchev–Trinajstić information content (AvgIpc) is 2.17. The van der Waals surface area contributed by atoms with E-state index in [1.807, 2.05) is 0 Å². The Morgan fingerprint density at radius 2 is 1.90 bits per heavy atom. The zero-order chi connectivity index (χ0) is 7.72. The minimum absolute atomic E-state index is 0.444. The molecule has 4 atom stereocenters. The van der Waals surface area contributed by atoms with E-state index in [2.05, 4.69) is 20.8 Å². The van der Waals surface area contributed by atoms with E-state index in [0.29, 0.717) is 5.38 Å². The van der Waals surface area contributed by atoms with Crippen LogP contribution in [-0.2, 0) is 0 Å². The summed E-state index contributed by atoms with van der Waals surface area (Å²) in [6.07, 6.45) is 2.54. The molecule has 0 spiro atoms. The maximum atomic E-state index is 6.13. The Balaban J connectivity index is 2.53. The van der Waals surface area contributed by atoms with Gasteiger partial charge in [0.2, 0.25) is 0 Å². The molecular weight excluding hydrogens is 144 g/mol. The number of rotatable bonds is 1. The summed E-state index contributed by atoms with van der Waals surface area (Å²) in [6, 6.07) is 0. The van der Waals surface area contributed by atoms with Gasteiger partial charge in [0.05, 0.1) is 0 Å². The third-order valence-electron chi connectivity index (χ3n) is 3.20. The van der Waals surface area contributed by atoms with E-state index in [9.17, 15) is 0 Å². The SMILES string of the molecule is CC[C@@H]1C[C@@H](Cl)C(C)C1C. The van der Waals surface area contributed by atoms with Gasteiger partial charge in [-0.2, -0.15) is 0 Å². The Morgan fingerprint density at radius 3 is 2.10 bits per heavy atom. The average molecular weight is 161 g/mol. The highest BCUT2D eigenvalue weighted by Gasteiger charge is 2.35. The van der Waals surface area contributed by atoms with Crippen LogP contribution in [0.1, 0.15) is 33.6 Å². The summed E-state index contributed by atoms with van der Waals surface area (Å²) in [5.74, 6) is 2.46. The van der Waals surface area contributed by atoms with E-state index in [1.54, 1.807) is 0 Å². The van der Waals surface area contributed by atoms with Crippen molar-refractivity contribution in [3.8, 4) is 0 Å². The topological polar surface area (TPSA) is 0 Å². The zero-order valence-corrected chi connectivity index (χ0v) is 7.86. The van der Waals surface area contributed by atoms with Crippen molar-refractivity contribution in [3.05, 3.63) is 0 Å². The Bertz CT molecular complexity index is 111. The molecule has 0 aliphatic heterocycles. The van der Waals surface area contributed by atoms with Crippen LogP contribution in [0.25, 0.3) is 0 Å². The molecule has 0 aromatic rings. The van der Waals surface area contributed by atoms with Gasteiger partial charge in [0.15, 0.2) is 0 Å². The molecule has 1 aliphatic carbocycles. The summed E-state index contributed by atoms with van der Waals surface area (Å²) in [4.78, 5) is 0. The molecule has 1 rings (SSSR count). The predicted octanol–water partition coefficient (Wildman–Crippen LogP) is 3.30. The van der Waals surface area contributed by atoms with Gasteiger partial charge in [-0.25, -0.2) is 0 Å². The third kappa shape index (κ3) is 1.32. The second-order valence-corrected chi connectivity index (χ2v) is 4.20. The Labute approximate surface area is 69.0 Å². The molecular formula is C9H17Cl. The fourth-order valence-electron chi connectivity index (χ4n) is 2.02. The van der Waals surface area contributed by atoms with Gasteiger partial charge < -0.3 is 0 Å². The van der Waals surface area contributed by atoms with Crippen molar-refractivity contribution < 1.29 is 0 Å². The maximum absolute atomic E-state index is 6.13. The maximum Gasteiger partial charge on any atom is 0.0367 e. The fourth-order valence-corrected chi connectivity index (χ4v) is 2.47. The van der Waals surface area contributed by atoms with Crippen molar-refractivity contribution in [1.29, 1.82) is 0 Å². The lowest BCUT2D eigenvalue weighted by Crippen LogP contribution is -2.10. The van der Waals surface area contributed by atoms with Crippen molar-refractivity contribution in [3.63, 3.8) is 0 Å². The highest BCUT2D eigenvalue weighted by molar-refractivity contribution is 6.20. The van der Waals surface area contributed by atoms with E-state index < -0.39 is 0 Å². The lowest BCUT2D eigenvalue weighted by Gasteiger charge is -2.15. The van der Waals surface area contributed by atoms with Gasteiger partial charge in [-0.05, 0) is 24.2 Å². The monoisotopic (exact) mass is 160 g/mol. The Kier molecular flexibility index (Phi) is 2.62. The largest absolute Gasteiger partial charge is 0.123 e. The van der Waals surface area contributed by atoms with E-state index in [4.69, 9.17) is 11.6 Å². The minimum Gasteiger partial charge on any atom is -0.123 e. The molecule has 60 valence electrons. The summed E-state index contributed by atoms with van der Waals surface area (Å²) in [5, 5.41) is 0.444. The normalized spacial score (nSPS) is 48.0. The molecule has 0 bridgehead atoms. The minimum atomic E-state index is 0.444. The van der Waals surface area contributed by atoms with E-state index in [-0.39, 0.29) is 0 Å². The van der Waals surface area contributed by atoms with Gasteiger partial charge in [0, 0.05) is 5.38 Å². The molecule has 1 heteroatoms. The summed E-state index contributed by atoms with van der Waals surface area (Å²) in [6.45, 7) is 6.88. The van der Waals surface area contributed by atoms with Crippen LogP contribution in [0.4, 0.5) is 0 Å². The van der Waals surface area contributed by atoms with Crippen LogP contribution in [0, 0.1) is 17.8 Å². The van der Waals surface area contributed by atoms with Gasteiger partial charge in [-0.15, -0.1) is 11.6 Å². The van der Waals surface area contributed by atoms with Gasteiger partial charge in [0.1, 0.15) is 0 Å². The van der Waals surface area contributed by atoms with Crippen LogP contribution < -0.4 is 0 Å². The van der Waals surface area contributed by atoms with Gasteiger partial charge in [-0.3, -0.25) is 0 Å².